The van der Waals surface area contributed by atoms with Crippen LogP contribution in [0.25, 0.3) is 0 Å². The Kier molecular flexibility index (Phi) is 2.30. The highest BCUT2D eigenvalue weighted by Gasteiger charge is 2.36. The molecule has 10 heavy (non-hydrogen) atoms. The fourth-order valence-electron chi connectivity index (χ4n) is 1.40. The maximum Gasteiger partial charge on any atom is 0.220 e. The molecule has 0 spiro atoms. The molecular weight excluding hydrogens is 126 g/mol. The molecule has 0 aliphatic heterocycles. The maximum atomic E-state index is 10.8. The molecule has 0 aromatic carbocycles. The standard InChI is InChI=1S/C8H15NO/c1-3-6-4-7(6)5-8(10)9-2/h6-7H,3-5H2,1-2H3,(H,9,10). The summed E-state index contributed by atoms with van der Waals surface area (Å²) in [6.45, 7) is 2.19. The number of carbonyl (C=O) groups excluding carboxylic acids is 1. The Morgan fingerprint density at radius 1 is 1.60 bits per heavy atom. The summed E-state index contributed by atoms with van der Waals surface area (Å²) in [5.74, 6) is 1.74. The zero-order valence-corrected chi connectivity index (χ0v) is 6.68. The SMILES string of the molecule is CCC1CC1CC(=O)NC. The van der Waals surface area contributed by atoms with Crippen LogP contribution in [0.3, 0.4) is 0 Å². The van der Waals surface area contributed by atoms with Crippen molar-refractivity contribution in [3.05, 3.63) is 0 Å². The second-order valence-electron chi connectivity index (χ2n) is 3.04. The second-order valence-corrected chi connectivity index (χ2v) is 3.04. The lowest BCUT2D eigenvalue weighted by Crippen LogP contribution is -2.18. The molecule has 0 bridgehead atoms. The van der Waals surface area contributed by atoms with Gasteiger partial charge in [-0.05, 0) is 18.3 Å². The Balaban J connectivity index is 2.11. The highest BCUT2D eigenvalue weighted by molar-refractivity contribution is 5.76. The number of nitrogens with one attached hydrogen (secondary N) is 1. The van der Waals surface area contributed by atoms with E-state index in [2.05, 4.69) is 12.2 Å². The van der Waals surface area contributed by atoms with E-state index in [9.17, 15) is 4.79 Å². The van der Waals surface area contributed by atoms with Crippen LogP contribution in [-0.2, 0) is 4.79 Å². The monoisotopic (exact) mass is 141 g/mol. The maximum absolute atomic E-state index is 10.8. The van der Waals surface area contributed by atoms with Crippen LogP contribution in [0.5, 0.6) is 0 Å². The molecule has 1 rings (SSSR count). The fourth-order valence-corrected chi connectivity index (χ4v) is 1.40. The van der Waals surface area contributed by atoms with Gasteiger partial charge in [-0.15, -0.1) is 0 Å². The van der Waals surface area contributed by atoms with Gasteiger partial charge in [0.25, 0.3) is 0 Å². The van der Waals surface area contributed by atoms with E-state index in [-0.39, 0.29) is 5.91 Å². The Hall–Kier alpha value is -0.530. The predicted octanol–water partition coefficient (Wildman–Crippen LogP) is 1.17. The summed E-state index contributed by atoms with van der Waals surface area (Å²) in [6, 6.07) is 0. The lowest BCUT2D eigenvalue weighted by atomic mass is 10.2. The second kappa shape index (κ2) is 3.04. The van der Waals surface area contributed by atoms with Crippen LogP contribution in [0.15, 0.2) is 0 Å². The first kappa shape index (κ1) is 7.58. The van der Waals surface area contributed by atoms with E-state index >= 15 is 0 Å². The van der Waals surface area contributed by atoms with Gasteiger partial charge < -0.3 is 5.32 Å². The average Bonchev–Trinajstić information content (AvgIpc) is 2.67. The van der Waals surface area contributed by atoms with Crippen LogP contribution in [0.4, 0.5) is 0 Å². The van der Waals surface area contributed by atoms with Gasteiger partial charge in [-0.1, -0.05) is 13.3 Å². The summed E-state index contributed by atoms with van der Waals surface area (Å²) in [5.41, 5.74) is 0. The zero-order chi connectivity index (χ0) is 7.56. The van der Waals surface area contributed by atoms with Gasteiger partial charge in [-0.2, -0.15) is 0 Å². The van der Waals surface area contributed by atoms with Crippen LogP contribution < -0.4 is 5.32 Å². The van der Waals surface area contributed by atoms with Crippen molar-refractivity contribution in [2.75, 3.05) is 7.05 Å². The predicted molar refractivity (Wildman–Crippen MR) is 40.6 cm³/mol. The fraction of sp³-hybridized carbons (Fsp3) is 0.875. The molecule has 2 heteroatoms. The Bertz CT molecular complexity index is 133. The third-order valence-corrected chi connectivity index (χ3v) is 2.32. The molecule has 0 aromatic rings. The van der Waals surface area contributed by atoms with Crippen molar-refractivity contribution in [1.29, 1.82) is 0 Å². The van der Waals surface area contributed by atoms with Crippen molar-refractivity contribution in [1.82, 2.24) is 5.32 Å². The quantitative estimate of drug-likeness (QED) is 0.628. The van der Waals surface area contributed by atoms with Gasteiger partial charge in [-0.3, -0.25) is 4.79 Å². The van der Waals surface area contributed by atoms with Gasteiger partial charge in [0, 0.05) is 13.5 Å². The summed E-state index contributed by atoms with van der Waals surface area (Å²) >= 11 is 0. The molecule has 2 atom stereocenters. The minimum atomic E-state index is 0.195. The molecule has 2 nitrogen and oxygen atoms in total. The third kappa shape index (κ3) is 1.72. The van der Waals surface area contributed by atoms with Crippen LogP contribution in [0, 0.1) is 11.8 Å². The van der Waals surface area contributed by atoms with E-state index in [0.717, 1.165) is 12.3 Å². The summed E-state index contributed by atoms with van der Waals surface area (Å²) in [7, 11) is 1.70. The van der Waals surface area contributed by atoms with E-state index in [4.69, 9.17) is 0 Å². The van der Waals surface area contributed by atoms with E-state index in [1.807, 2.05) is 0 Å². The molecule has 58 valence electrons. The van der Waals surface area contributed by atoms with Gasteiger partial charge >= 0.3 is 0 Å². The highest BCUT2D eigenvalue weighted by Crippen LogP contribution is 2.43. The molecule has 1 aliphatic carbocycles. The number of amides is 1. The first-order valence-electron chi connectivity index (χ1n) is 3.98. The Morgan fingerprint density at radius 3 is 2.70 bits per heavy atom. The zero-order valence-electron chi connectivity index (χ0n) is 6.68. The molecule has 1 N–H and O–H groups in total. The average molecular weight is 141 g/mol. The normalized spacial score (nSPS) is 29.8. The van der Waals surface area contributed by atoms with Gasteiger partial charge in [-0.25, -0.2) is 0 Å². The van der Waals surface area contributed by atoms with Gasteiger partial charge in [0.15, 0.2) is 0 Å². The van der Waals surface area contributed by atoms with Crippen LogP contribution in [0.2, 0.25) is 0 Å². The number of carbonyl (C=O) groups is 1. The molecule has 1 fully saturated rings. The Morgan fingerprint density at radius 2 is 2.30 bits per heavy atom. The first-order valence-corrected chi connectivity index (χ1v) is 3.98. The van der Waals surface area contributed by atoms with Crippen molar-refractivity contribution in [3.63, 3.8) is 0 Å². The van der Waals surface area contributed by atoms with Crippen molar-refractivity contribution >= 4 is 5.91 Å². The first-order chi connectivity index (χ1) is 4.77. The molecule has 0 radical (unpaired) electrons. The third-order valence-electron chi connectivity index (χ3n) is 2.32. The van der Waals surface area contributed by atoms with E-state index in [1.54, 1.807) is 7.05 Å². The van der Waals surface area contributed by atoms with Crippen molar-refractivity contribution in [2.45, 2.75) is 26.2 Å². The molecule has 0 saturated heterocycles. The van der Waals surface area contributed by atoms with Crippen molar-refractivity contribution in [2.24, 2.45) is 11.8 Å². The molecular formula is C8H15NO. The summed E-state index contributed by atoms with van der Waals surface area (Å²) < 4.78 is 0. The summed E-state index contributed by atoms with van der Waals surface area (Å²) in [6.07, 6.45) is 3.25. The molecule has 1 aliphatic rings. The van der Waals surface area contributed by atoms with Gasteiger partial charge in [0.2, 0.25) is 5.91 Å². The molecule has 0 heterocycles. The molecule has 2 unspecified atom stereocenters. The number of rotatable bonds is 3. The van der Waals surface area contributed by atoms with Crippen LogP contribution in [0.1, 0.15) is 26.2 Å². The smallest absolute Gasteiger partial charge is 0.220 e. The van der Waals surface area contributed by atoms with E-state index in [0.29, 0.717) is 5.92 Å². The van der Waals surface area contributed by atoms with Gasteiger partial charge in [0.05, 0.1) is 0 Å². The number of hydrogen-bond acceptors (Lipinski definition) is 1. The molecule has 1 saturated carbocycles. The van der Waals surface area contributed by atoms with E-state index < -0.39 is 0 Å². The van der Waals surface area contributed by atoms with Gasteiger partial charge in [0.1, 0.15) is 0 Å². The minimum absolute atomic E-state index is 0.195. The largest absolute Gasteiger partial charge is 0.359 e. The topological polar surface area (TPSA) is 29.1 Å². The summed E-state index contributed by atoms with van der Waals surface area (Å²) in [5, 5.41) is 2.64. The van der Waals surface area contributed by atoms with Crippen molar-refractivity contribution in [3.8, 4) is 0 Å². The highest BCUT2D eigenvalue weighted by atomic mass is 16.1. The van der Waals surface area contributed by atoms with Crippen molar-refractivity contribution < 1.29 is 4.79 Å². The minimum Gasteiger partial charge on any atom is -0.359 e. The Labute approximate surface area is 62.0 Å². The lowest BCUT2D eigenvalue weighted by molar-refractivity contribution is -0.121. The van der Waals surface area contributed by atoms with Crippen LogP contribution in [-0.4, -0.2) is 13.0 Å². The lowest BCUT2D eigenvalue weighted by Gasteiger charge is -1.95. The molecule has 0 aromatic heterocycles. The molecule has 1 amide bonds. The van der Waals surface area contributed by atoms with Crippen LogP contribution >= 0.6 is 0 Å². The summed E-state index contributed by atoms with van der Waals surface area (Å²) in [4.78, 5) is 10.8. The number of hydrogen-bond donors (Lipinski definition) is 1. The van der Waals surface area contributed by atoms with E-state index in [1.165, 1.54) is 12.8 Å².